The van der Waals surface area contributed by atoms with Crippen LogP contribution < -0.4 is 21.3 Å². The highest BCUT2D eigenvalue weighted by Gasteiger charge is 2.31. The number of hydrogen-bond acceptors (Lipinski definition) is 6. The minimum atomic E-state index is -4.57. The van der Waals surface area contributed by atoms with Crippen LogP contribution in [-0.2, 0) is 12.1 Å². The molecule has 1 aromatic carbocycles. The average molecular weight is 424 g/mol. The fourth-order valence-corrected chi connectivity index (χ4v) is 2.27. The summed E-state index contributed by atoms with van der Waals surface area (Å²) in [7, 11) is 0. The molecule has 0 bridgehead atoms. The number of nitrogens with two attached hydrogens (primary N) is 2. The van der Waals surface area contributed by atoms with E-state index < -0.39 is 23.2 Å². The average Bonchev–Trinajstić information content (AvgIpc) is 2.59. The Morgan fingerprint density at radius 3 is 2.36 bits per heavy atom. The Balaban J connectivity index is 2.05. The van der Waals surface area contributed by atoms with E-state index in [1.807, 2.05) is 0 Å². The van der Waals surface area contributed by atoms with Gasteiger partial charge in [-0.2, -0.15) is 13.2 Å². The fourth-order valence-electron chi connectivity index (χ4n) is 1.99. The van der Waals surface area contributed by atoms with Gasteiger partial charge in [0.1, 0.15) is 6.61 Å². The predicted molar refractivity (Wildman–Crippen MR) is 92.5 cm³/mol. The number of aromatic nitrogens is 2. The Morgan fingerprint density at radius 1 is 1.21 bits per heavy atom. The highest BCUT2D eigenvalue weighted by molar-refractivity contribution is 6.31. The second-order valence-corrected chi connectivity index (χ2v) is 6.11. The first kappa shape index (κ1) is 21.6. The zero-order chi connectivity index (χ0) is 21.1. The molecular formula is C16H15ClF5N5O. The van der Waals surface area contributed by atoms with E-state index >= 15 is 0 Å². The van der Waals surface area contributed by atoms with Crippen LogP contribution in [0.4, 0.5) is 27.6 Å². The van der Waals surface area contributed by atoms with E-state index in [1.54, 1.807) is 0 Å². The van der Waals surface area contributed by atoms with Crippen molar-refractivity contribution >= 4 is 17.3 Å². The first-order valence-corrected chi connectivity index (χ1v) is 7.95. The van der Waals surface area contributed by atoms with Crippen molar-refractivity contribution in [2.24, 2.45) is 11.6 Å². The number of halogens is 6. The topological polar surface area (TPSA) is 90.3 Å². The number of alkyl halides is 5. The van der Waals surface area contributed by atoms with Gasteiger partial charge in [-0.15, -0.1) is 0 Å². The van der Waals surface area contributed by atoms with Crippen molar-refractivity contribution in [1.29, 1.82) is 0 Å². The molecule has 2 rings (SSSR count). The molecule has 1 heterocycles. The molecule has 0 aliphatic carbocycles. The van der Waals surface area contributed by atoms with Gasteiger partial charge < -0.3 is 10.5 Å². The third-order valence-corrected chi connectivity index (χ3v) is 3.68. The van der Waals surface area contributed by atoms with Crippen LogP contribution in [0.2, 0.25) is 5.02 Å². The molecule has 0 fully saturated rings. The number of anilines is 1. The van der Waals surface area contributed by atoms with Crippen molar-refractivity contribution in [3.05, 3.63) is 58.6 Å². The number of rotatable bonds is 6. The lowest BCUT2D eigenvalue weighted by Gasteiger charge is -2.19. The Morgan fingerprint density at radius 2 is 1.82 bits per heavy atom. The smallest absolute Gasteiger partial charge is 0.419 e. The van der Waals surface area contributed by atoms with Crippen LogP contribution in [0.3, 0.4) is 0 Å². The minimum absolute atomic E-state index is 0.0331. The van der Waals surface area contributed by atoms with Gasteiger partial charge in [-0.1, -0.05) is 11.6 Å². The SMILES string of the molecule is CC(F)(F)c1cc(N(N)/C=C(\N)COc2ncc(C(F)(F)F)cn2)ccc1Cl. The molecule has 152 valence electrons. The summed E-state index contributed by atoms with van der Waals surface area (Å²) < 4.78 is 69.5. The van der Waals surface area contributed by atoms with Gasteiger partial charge >= 0.3 is 12.2 Å². The molecule has 0 atom stereocenters. The number of hydrazine groups is 1. The first-order chi connectivity index (χ1) is 12.9. The molecule has 0 radical (unpaired) electrons. The lowest BCUT2D eigenvalue weighted by molar-refractivity contribution is -0.138. The highest BCUT2D eigenvalue weighted by Crippen LogP contribution is 2.35. The Labute approximate surface area is 161 Å². The third kappa shape index (κ3) is 5.67. The molecule has 0 aliphatic rings. The van der Waals surface area contributed by atoms with Gasteiger partial charge in [0.2, 0.25) is 0 Å². The molecule has 6 nitrogen and oxygen atoms in total. The number of benzene rings is 1. The Hall–Kier alpha value is -2.66. The summed E-state index contributed by atoms with van der Waals surface area (Å²) in [5.41, 5.74) is 4.49. The van der Waals surface area contributed by atoms with E-state index in [-0.39, 0.29) is 29.0 Å². The van der Waals surface area contributed by atoms with Gasteiger partial charge in [0.25, 0.3) is 5.92 Å². The lowest BCUT2D eigenvalue weighted by atomic mass is 10.1. The van der Waals surface area contributed by atoms with E-state index in [2.05, 4.69) is 9.97 Å². The van der Waals surface area contributed by atoms with Crippen LogP contribution in [0.1, 0.15) is 18.1 Å². The summed E-state index contributed by atoms with van der Waals surface area (Å²) in [6, 6.07) is 3.44. The summed E-state index contributed by atoms with van der Waals surface area (Å²) in [5, 5.41) is 0.849. The standard InChI is InChI=1S/C16H15ClF5N5O/c1-15(18,19)12-4-11(2-3-13(12)17)27(24)7-10(23)8-28-14-25-5-9(6-26-14)16(20,21)22/h2-7H,8,23-24H2,1H3/b10-7-. The molecule has 0 amide bonds. The van der Waals surface area contributed by atoms with E-state index in [1.165, 1.54) is 18.3 Å². The van der Waals surface area contributed by atoms with Crippen molar-refractivity contribution < 1.29 is 26.7 Å². The third-order valence-electron chi connectivity index (χ3n) is 3.35. The maximum Gasteiger partial charge on any atom is 0.419 e. The van der Waals surface area contributed by atoms with E-state index in [0.29, 0.717) is 19.3 Å². The van der Waals surface area contributed by atoms with E-state index in [4.69, 9.17) is 27.9 Å². The van der Waals surface area contributed by atoms with Crippen LogP contribution in [0.5, 0.6) is 6.01 Å². The first-order valence-electron chi connectivity index (χ1n) is 7.58. The number of hydrogen-bond donors (Lipinski definition) is 2. The summed E-state index contributed by atoms with van der Waals surface area (Å²) in [5.74, 6) is 2.60. The zero-order valence-electron chi connectivity index (χ0n) is 14.3. The second kappa shape index (κ2) is 8.15. The maximum absolute atomic E-state index is 13.5. The fraction of sp³-hybridized carbons (Fsp3) is 0.250. The molecule has 12 heteroatoms. The number of ether oxygens (including phenoxy) is 1. The molecule has 2 aromatic rings. The van der Waals surface area contributed by atoms with Gasteiger partial charge in [0.05, 0.1) is 16.9 Å². The van der Waals surface area contributed by atoms with Gasteiger partial charge in [-0.25, -0.2) is 24.6 Å². The predicted octanol–water partition coefficient (Wildman–Crippen LogP) is 3.82. The molecule has 0 spiro atoms. The molecule has 0 saturated carbocycles. The van der Waals surface area contributed by atoms with Crippen molar-refractivity contribution in [3.8, 4) is 6.01 Å². The van der Waals surface area contributed by atoms with Crippen molar-refractivity contribution in [2.75, 3.05) is 11.6 Å². The monoisotopic (exact) mass is 423 g/mol. The number of nitrogens with zero attached hydrogens (tertiary/aromatic N) is 3. The van der Waals surface area contributed by atoms with Crippen LogP contribution >= 0.6 is 11.6 Å². The summed E-state index contributed by atoms with van der Waals surface area (Å²) in [4.78, 5) is 6.85. The second-order valence-electron chi connectivity index (χ2n) is 5.70. The van der Waals surface area contributed by atoms with Crippen molar-refractivity contribution in [2.45, 2.75) is 19.0 Å². The minimum Gasteiger partial charge on any atom is -0.457 e. The van der Waals surface area contributed by atoms with E-state index in [0.717, 1.165) is 11.1 Å². The van der Waals surface area contributed by atoms with Crippen LogP contribution in [0, 0.1) is 0 Å². The Bertz CT molecular complexity index is 852. The molecule has 4 N–H and O–H groups in total. The molecule has 0 unspecified atom stereocenters. The van der Waals surface area contributed by atoms with Crippen LogP contribution in [-0.4, -0.2) is 16.6 Å². The van der Waals surface area contributed by atoms with Crippen molar-refractivity contribution in [3.63, 3.8) is 0 Å². The molecule has 0 aliphatic heterocycles. The van der Waals surface area contributed by atoms with Crippen LogP contribution in [0.25, 0.3) is 0 Å². The van der Waals surface area contributed by atoms with Gasteiger partial charge in [0.15, 0.2) is 0 Å². The lowest BCUT2D eigenvalue weighted by Crippen LogP contribution is -2.27. The van der Waals surface area contributed by atoms with E-state index in [9.17, 15) is 22.0 Å². The molecule has 0 saturated heterocycles. The molecule has 28 heavy (non-hydrogen) atoms. The van der Waals surface area contributed by atoms with Gasteiger partial charge in [-0.3, -0.25) is 5.01 Å². The summed E-state index contributed by atoms with van der Waals surface area (Å²) in [6.45, 7) is 0.393. The molecule has 1 aromatic heterocycles. The largest absolute Gasteiger partial charge is 0.457 e. The zero-order valence-corrected chi connectivity index (χ0v) is 15.1. The van der Waals surface area contributed by atoms with Crippen LogP contribution in [0.15, 0.2) is 42.5 Å². The Kier molecular flexibility index (Phi) is 6.30. The highest BCUT2D eigenvalue weighted by atomic mass is 35.5. The van der Waals surface area contributed by atoms with Gasteiger partial charge in [-0.05, 0) is 18.2 Å². The summed E-state index contributed by atoms with van der Waals surface area (Å²) >= 11 is 5.76. The quantitative estimate of drug-likeness (QED) is 0.417. The molecular weight excluding hydrogens is 409 g/mol. The summed E-state index contributed by atoms with van der Waals surface area (Å²) in [6.07, 6.45) is -2.25. The maximum atomic E-state index is 13.5. The van der Waals surface area contributed by atoms with Crippen molar-refractivity contribution in [1.82, 2.24) is 9.97 Å². The normalized spacial score (nSPS) is 12.8. The van der Waals surface area contributed by atoms with Gasteiger partial charge in [0, 0.05) is 36.1 Å².